The number of hydrogen-bond donors (Lipinski definition) is 4. The standard InChI is InChI=1S/C22H35N9O3/c1-4-33-10-8-26-20-19(17(23)14-34-12-11-32-3)29-22(31-9-7-25-16(2)13-31)30-21(20)28-18-5-6-24-15-27-18/h5-6,15-16,23,25-26H,4,7-14H2,1-3H3,(H,24,27,28,29,30)/t16-/m1/s1. The number of piperazine rings is 1. The second-order valence-electron chi connectivity index (χ2n) is 7.76. The Kier molecular flexibility index (Phi) is 10.3. The van der Waals surface area contributed by atoms with E-state index in [-0.39, 0.29) is 12.3 Å². The number of hydrogen-bond acceptors (Lipinski definition) is 12. The Labute approximate surface area is 200 Å². The first-order valence-electron chi connectivity index (χ1n) is 11.5. The van der Waals surface area contributed by atoms with Crippen LogP contribution < -0.4 is 20.9 Å². The van der Waals surface area contributed by atoms with Crippen LogP contribution in [0.25, 0.3) is 0 Å². The Morgan fingerprint density at radius 3 is 2.88 bits per heavy atom. The average molecular weight is 474 g/mol. The number of nitrogens with one attached hydrogen (secondary N) is 4. The van der Waals surface area contributed by atoms with E-state index in [4.69, 9.17) is 29.6 Å². The highest BCUT2D eigenvalue weighted by molar-refractivity contribution is 6.04. The fraction of sp³-hybridized carbons (Fsp3) is 0.591. The summed E-state index contributed by atoms with van der Waals surface area (Å²) in [5, 5.41) is 18.8. The fourth-order valence-electron chi connectivity index (χ4n) is 3.44. The van der Waals surface area contributed by atoms with E-state index >= 15 is 0 Å². The lowest BCUT2D eigenvalue weighted by Gasteiger charge is -2.32. The molecule has 0 amide bonds. The molecule has 1 saturated heterocycles. The van der Waals surface area contributed by atoms with Crippen LogP contribution in [0.3, 0.4) is 0 Å². The van der Waals surface area contributed by atoms with E-state index < -0.39 is 0 Å². The fourth-order valence-corrected chi connectivity index (χ4v) is 3.44. The maximum absolute atomic E-state index is 8.74. The molecule has 0 bridgehead atoms. The van der Waals surface area contributed by atoms with Gasteiger partial charge in [-0.05, 0) is 19.9 Å². The Morgan fingerprint density at radius 1 is 1.26 bits per heavy atom. The van der Waals surface area contributed by atoms with Gasteiger partial charge in [-0.2, -0.15) is 4.98 Å². The van der Waals surface area contributed by atoms with Crippen molar-refractivity contribution in [3.8, 4) is 0 Å². The van der Waals surface area contributed by atoms with Crippen molar-refractivity contribution in [1.29, 1.82) is 5.41 Å². The van der Waals surface area contributed by atoms with Gasteiger partial charge in [-0.3, -0.25) is 0 Å². The van der Waals surface area contributed by atoms with Gasteiger partial charge in [0.05, 0.1) is 32.1 Å². The van der Waals surface area contributed by atoms with Crippen LogP contribution in [0.4, 0.5) is 23.3 Å². The first kappa shape index (κ1) is 25.7. The summed E-state index contributed by atoms with van der Waals surface area (Å²) in [6, 6.07) is 2.07. The molecule has 3 heterocycles. The molecule has 12 heteroatoms. The van der Waals surface area contributed by atoms with Crippen LogP contribution in [0.2, 0.25) is 0 Å². The Hall–Kier alpha value is -2.93. The third-order valence-corrected chi connectivity index (χ3v) is 5.09. The number of anilines is 4. The molecule has 2 aromatic heterocycles. The lowest BCUT2D eigenvalue weighted by atomic mass is 10.2. The summed E-state index contributed by atoms with van der Waals surface area (Å²) in [7, 11) is 1.62. The third kappa shape index (κ3) is 7.55. The zero-order valence-corrected chi connectivity index (χ0v) is 20.1. The molecule has 1 fully saturated rings. The van der Waals surface area contributed by atoms with Crippen LogP contribution in [0, 0.1) is 5.41 Å². The zero-order chi connectivity index (χ0) is 24.2. The molecule has 3 rings (SSSR count). The van der Waals surface area contributed by atoms with Gasteiger partial charge in [0.2, 0.25) is 5.95 Å². The molecule has 1 atom stereocenters. The van der Waals surface area contributed by atoms with Crippen LogP contribution in [0.15, 0.2) is 18.6 Å². The van der Waals surface area contributed by atoms with Crippen LogP contribution in [0.5, 0.6) is 0 Å². The number of rotatable bonds is 14. The maximum atomic E-state index is 8.74. The van der Waals surface area contributed by atoms with Crippen molar-refractivity contribution in [3.05, 3.63) is 24.3 Å². The van der Waals surface area contributed by atoms with E-state index in [0.717, 1.165) is 19.6 Å². The smallest absolute Gasteiger partial charge is 0.228 e. The second-order valence-corrected chi connectivity index (χ2v) is 7.76. The van der Waals surface area contributed by atoms with E-state index in [1.54, 1.807) is 19.4 Å². The molecule has 0 aliphatic carbocycles. The third-order valence-electron chi connectivity index (χ3n) is 5.09. The lowest BCUT2D eigenvalue weighted by Crippen LogP contribution is -2.50. The number of methoxy groups -OCH3 is 1. The van der Waals surface area contributed by atoms with E-state index in [0.29, 0.717) is 68.0 Å². The number of ether oxygens (including phenoxy) is 3. The Morgan fingerprint density at radius 2 is 2.15 bits per heavy atom. The minimum absolute atomic E-state index is 0.102. The molecule has 0 spiro atoms. The first-order chi connectivity index (χ1) is 16.6. The molecule has 12 nitrogen and oxygen atoms in total. The molecule has 1 aliphatic rings. The van der Waals surface area contributed by atoms with Gasteiger partial charge in [0.15, 0.2) is 5.82 Å². The molecule has 2 aromatic rings. The minimum atomic E-state index is 0.102. The van der Waals surface area contributed by atoms with E-state index in [2.05, 4.69) is 37.7 Å². The maximum Gasteiger partial charge on any atom is 0.228 e. The number of nitrogens with zero attached hydrogens (tertiary/aromatic N) is 5. The summed E-state index contributed by atoms with van der Waals surface area (Å²) in [4.78, 5) is 20.0. The molecule has 34 heavy (non-hydrogen) atoms. The zero-order valence-electron chi connectivity index (χ0n) is 20.1. The normalized spacial score (nSPS) is 15.9. The highest BCUT2D eigenvalue weighted by atomic mass is 16.5. The van der Waals surface area contributed by atoms with E-state index in [1.165, 1.54) is 6.33 Å². The molecular weight excluding hydrogens is 438 g/mol. The van der Waals surface area contributed by atoms with Gasteiger partial charge in [-0.15, -0.1) is 0 Å². The van der Waals surface area contributed by atoms with Crippen LogP contribution >= 0.6 is 0 Å². The molecule has 1 aliphatic heterocycles. The SMILES string of the molecule is CCOCCNc1c(Nc2ccncn2)nc(N2CCN[C@H](C)C2)nc1C(=N)COCCOC. The summed E-state index contributed by atoms with van der Waals surface area (Å²) in [6.45, 7) is 9.07. The van der Waals surface area contributed by atoms with Crippen molar-refractivity contribution < 1.29 is 14.2 Å². The second kappa shape index (κ2) is 13.7. The van der Waals surface area contributed by atoms with Gasteiger partial charge in [-0.25, -0.2) is 15.0 Å². The van der Waals surface area contributed by atoms with Crippen molar-refractivity contribution in [3.63, 3.8) is 0 Å². The van der Waals surface area contributed by atoms with Gasteiger partial charge in [0, 0.05) is 52.1 Å². The quantitative estimate of drug-likeness (QED) is 0.233. The summed E-state index contributed by atoms with van der Waals surface area (Å²) in [6.07, 6.45) is 3.13. The molecule has 0 saturated carbocycles. The first-order valence-corrected chi connectivity index (χ1v) is 11.5. The molecule has 0 unspecified atom stereocenters. The topological polar surface area (TPSA) is 142 Å². The molecule has 186 valence electrons. The lowest BCUT2D eigenvalue weighted by molar-refractivity contribution is 0.0900. The largest absolute Gasteiger partial charge is 0.382 e. The number of aromatic nitrogens is 4. The average Bonchev–Trinajstić information content (AvgIpc) is 2.85. The summed E-state index contributed by atoms with van der Waals surface area (Å²) < 4.78 is 16.1. The monoisotopic (exact) mass is 473 g/mol. The van der Waals surface area contributed by atoms with E-state index in [1.807, 2.05) is 6.92 Å². The van der Waals surface area contributed by atoms with Gasteiger partial charge in [-0.1, -0.05) is 0 Å². The molecular formula is C22H35N9O3. The van der Waals surface area contributed by atoms with Crippen molar-refractivity contribution in [1.82, 2.24) is 25.3 Å². The van der Waals surface area contributed by atoms with Crippen molar-refractivity contribution in [2.75, 3.05) is 81.9 Å². The van der Waals surface area contributed by atoms with E-state index in [9.17, 15) is 0 Å². The summed E-state index contributed by atoms with van der Waals surface area (Å²) >= 11 is 0. The van der Waals surface area contributed by atoms with Crippen LogP contribution in [-0.2, 0) is 14.2 Å². The van der Waals surface area contributed by atoms with Crippen molar-refractivity contribution in [2.24, 2.45) is 0 Å². The molecule has 0 aromatic carbocycles. The summed E-state index contributed by atoms with van der Waals surface area (Å²) in [5.74, 6) is 1.68. The minimum Gasteiger partial charge on any atom is -0.382 e. The molecule has 0 radical (unpaired) electrons. The predicted octanol–water partition coefficient (Wildman–Crippen LogP) is 1.29. The highest BCUT2D eigenvalue weighted by Crippen LogP contribution is 2.29. The highest BCUT2D eigenvalue weighted by Gasteiger charge is 2.24. The van der Waals surface area contributed by atoms with Crippen LogP contribution in [0.1, 0.15) is 19.5 Å². The van der Waals surface area contributed by atoms with Crippen LogP contribution in [-0.4, -0.2) is 98.0 Å². The molecule has 4 N–H and O–H groups in total. The Bertz CT molecular complexity index is 901. The summed E-state index contributed by atoms with van der Waals surface area (Å²) in [5.41, 5.74) is 1.32. The van der Waals surface area contributed by atoms with Gasteiger partial charge in [0.1, 0.15) is 23.5 Å². The van der Waals surface area contributed by atoms with Gasteiger partial charge in [0.25, 0.3) is 0 Å². The van der Waals surface area contributed by atoms with Crippen molar-refractivity contribution >= 4 is 29.0 Å². The Balaban J connectivity index is 1.96. The predicted molar refractivity (Wildman–Crippen MR) is 132 cm³/mol. The van der Waals surface area contributed by atoms with Gasteiger partial charge >= 0.3 is 0 Å². The van der Waals surface area contributed by atoms with Crippen molar-refractivity contribution in [2.45, 2.75) is 19.9 Å². The van der Waals surface area contributed by atoms with Gasteiger partial charge < -0.3 is 40.5 Å².